The van der Waals surface area contributed by atoms with Crippen LogP contribution in [-0.2, 0) is 34.1 Å². The number of pyridine rings is 2. The van der Waals surface area contributed by atoms with Gasteiger partial charge >= 0.3 is 5.20 Å². The maximum Gasteiger partial charge on any atom is 0.339 e. The zero-order valence-corrected chi connectivity index (χ0v) is 32.6. The SMILES string of the molecule is O=P(Cl)(Cl)Cl.O=S(=O)(c1cnc2ccc(Br)cc2c1Cl)N1CCOCC1.O=c1c(S(=O)(=O)N2CCOCC2)c[nH]c2ccc(Br)cc12. The van der Waals surface area contributed by atoms with E-state index in [1.54, 1.807) is 30.3 Å². The fraction of sp³-hybridized carbons (Fsp3) is 0.308. The number of aromatic nitrogens is 2. The summed E-state index contributed by atoms with van der Waals surface area (Å²) in [5.74, 6) is 0. The lowest BCUT2D eigenvalue weighted by Crippen LogP contribution is -2.42. The average molecular weight is 918 g/mol. The second kappa shape index (κ2) is 16.4. The van der Waals surface area contributed by atoms with Crippen LogP contribution in [0.25, 0.3) is 21.8 Å². The zero-order chi connectivity index (χ0) is 34.6. The van der Waals surface area contributed by atoms with Gasteiger partial charge in [0.15, 0.2) is 0 Å². The number of hydrogen-bond donors (Lipinski definition) is 1. The Balaban J connectivity index is 0.000000186. The fourth-order valence-electron chi connectivity index (χ4n) is 4.51. The number of ether oxygens (including phenoxy) is 2. The first-order chi connectivity index (χ1) is 22.0. The van der Waals surface area contributed by atoms with Crippen molar-refractivity contribution < 1.29 is 30.9 Å². The number of benzene rings is 2. The van der Waals surface area contributed by atoms with E-state index >= 15 is 0 Å². The van der Waals surface area contributed by atoms with E-state index in [1.807, 2.05) is 6.07 Å². The summed E-state index contributed by atoms with van der Waals surface area (Å²) < 4.78 is 74.5. The Labute approximate surface area is 306 Å². The van der Waals surface area contributed by atoms with Crippen LogP contribution in [0.1, 0.15) is 0 Å². The monoisotopic (exact) mass is 914 g/mol. The molecule has 0 radical (unpaired) electrons. The minimum atomic E-state index is -3.80. The molecule has 0 aliphatic carbocycles. The van der Waals surface area contributed by atoms with Crippen molar-refractivity contribution in [2.24, 2.45) is 0 Å². The van der Waals surface area contributed by atoms with E-state index in [4.69, 9.17) is 21.1 Å². The van der Waals surface area contributed by atoms with E-state index in [2.05, 4.69) is 75.6 Å². The molecule has 2 aromatic carbocycles. The molecule has 0 atom stereocenters. The van der Waals surface area contributed by atoms with Crippen molar-refractivity contribution in [3.63, 3.8) is 0 Å². The number of nitrogens with zero attached hydrogens (tertiary/aromatic N) is 3. The second-order valence-electron chi connectivity index (χ2n) is 9.70. The lowest BCUT2D eigenvalue weighted by atomic mass is 10.2. The van der Waals surface area contributed by atoms with Crippen LogP contribution in [0.3, 0.4) is 0 Å². The summed E-state index contributed by atoms with van der Waals surface area (Å²) in [7, 11) is -7.46. The molecular weight excluding hydrogens is 893 g/mol. The number of rotatable bonds is 4. The molecule has 0 spiro atoms. The van der Waals surface area contributed by atoms with Gasteiger partial charge in [-0.1, -0.05) is 43.5 Å². The summed E-state index contributed by atoms with van der Waals surface area (Å²) in [5, 5.41) is -2.06. The first kappa shape index (κ1) is 38.9. The molecule has 2 aromatic heterocycles. The molecule has 2 aliphatic heterocycles. The quantitative estimate of drug-likeness (QED) is 0.218. The highest BCUT2D eigenvalue weighted by molar-refractivity contribution is 9.10. The van der Waals surface area contributed by atoms with Crippen molar-refractivity contribution in [1.82, 2.24) is 18.6 Å². The zero-order valence-electron chi connectivity index (χ0n) is 23.9. The molecule has 0 amide bonds. The Morgan fingerprint density at radius 1 is 0.787 bits per heavy atom. The van der Waals surface area contributed by atoms with Crippen molar-refractivity contribution >= 4 is 124 Å². The van der Waals surface area contributed by atoms with Crippen LogP contribution in [0.5, 0.6) is 0 Å². The van der Waals surface area contributed by atoms with Gasteiger partial charge in [0.05, 0.1) is 37.0 Å². The van der Waals surface area contributed by atoms with Gasteiger partial charge in [-0.3, -0.25) is 14.3 Å². The Bertz CT molecular complexity index is 2090. The lowest BCUT2D eigenvalue weighted by molar-refractivity contribution is 0.0730. The van der Waals surface area contributed by atoms with Gasteiger partial charge in [0, 0.05) is 63.8 Å². The highest BCUT2D eigenvalue weighted by Crippen LogP contribution is 2.61. The number of hydrogen-bond acceptors (Lipinski definition) is 9. The number of morpholine rings is 2. The first-order valence-corrected chi connectivity index (χ1v) is 22.7. The largest absolute Gasteiger partial charge is 0.379 e. The van der Waals surface area contributed by atoms with Crippen LogP contribution in [0.4, 0.5) is 0 Å². The second-order valence-corrected chi connectivity index (χ2v) is 22.4. The third-order valence-corrected chi connectivity index (χ3v) is 12.0. The molecule has 12 nitrogen and oxygen atoms in total. The number of nitrogens with one attached hydrogen (secondary N) is 1. The highest BCUT2D eigenvalue weighted by atomic mass is 79.9. The molecule has 4 heterocycles. The minimum absolute atomic E-state index is 0.0386. The maximum absolute atomic E-state index is 12.7. The van der Waals surface area contributed by atoms with Crippen LogP contribution in [0.15, 0.2) is 72.3 Å². The Hall–Kier alpha value is -0.850. The van der Waals surface area contributed by atoms with Crippen LogP contribution in [0, 0.1) is 0 Å². The molecular formula is C26H25Br2Cl4N4O8PS2. The Kier molecular flexibility index (Phi) is 13.6. The van der Waals surface area contributed by atoms with Crippen LogP contribution in [-0.4, -0.2) is 88.0 Å². The number of halogens is 6. The van der Waals surface area contributed by atoms with Crippen LogP contribution in [0.2, 0.25) is 5.02 Å². The molecule has 4 aromatic rings. The van der Waals surface area contributed by atoms with Crippen molar-refractivity contribution in [2.45, 2.75) is 9.79 Å². The van der Waals surface area contributed by atoms with Gasteiger partial charge in [-0.2, -0.15) is 8.61 Å². The number of aromatic amines is 1. The van der Waals surface area contributed by atoms with Crippen LogP contribution < -0.4 is 5.43 Å². The predicted molar refractivity (Wildman–Crippen MR) is 191 cm³/mol. The predicted octanol–water partition coefficient (Wildman–Crippen LogP) is 6.79. The third-order valence-electron chi connectivity index (χ3n) is 6.72. The third kappa shape index (κ3) is 10.1. The summed E-state index contributed by atoms with van der Waals surface area (Å²) in [6.07, 6.45) is 2.59. The Morgan fingerprint density at radius 2 is 1.26 bits per heavy atom. The van der Waals surface area contributed by atoms with E-state index in [1.165, 1.54) is 21.0 Å². The van der Waals surface area contributed by atoms with E-state index in [-0.39, 0.29) is 27.9 Å². The van der Waals surface area contributed by atoms with Crippen molar-refractivity contribution in [2.75, 3.05) is 52.6 Å². The van der Waals surface area contributed by atoms with E-state index in [0.717, 1.165) is 8.95 Å². The van der Waals surface area contributed by atoms with Crippen molar-refractivity contribution in [3.05, 3.63) is 73.0 Å². The van der Waals surface area contributed by atoms with E-state index < -0.39 is 30.7 Å². The summed E-state index contributed by atoms with van der Waals surface area (Å²) >= 11 is 26.8. The van der Waals surface area contributed by atoms with Gasteiger partial charge in [0.2, 0.25) is 25.5 Å². The van der Waals surface area contributed by atoms with Gasteiger partial charge in [-0.15, -0.1) is 0 Å². The van der Waals surface area contributed by atoms with Crippen molar-refractivity contribution in [1.29, 1.82) is 0 Å². The summed E-state index contributed by atoms with van der Waals surface area (Å²) in [5.41, 5.74) is 0.768. The fourth-order valence-corrected chi connectivity index (χ4v) is 8.61. The molecule has 47 heavy (non-hydrogen) atoms. The smallest absolute Gasteiger partial charge is 0.339 e. The molecule has 256 valence electrons. The molecule has 2 aliphatic rings. The number of H-pyrrole nitrogens is 1. The van der Waals surface area contributed by atoms with Gasteiger partial charge in [0.1, 0.15) is 9.79 Å². The van der Waals surface area contributed by atoms with Gasteiger partial charge in [0.25, 0.3) is 0 Å². The lowest BCUT2D eigenvalue weighted by Gasteiger charge is -2.26. The Morgan fingerprint density at radius 3 is 1.79 bits per heavy atom. The molecule has 2 saturated heterocycles. The molecule has 1 N–H and O–H groups in total. The van der Waals surface area contributed by atoms with Gasteiger partial charge in [-0.05, 0) is 70.1 Å². The molecule has 0 bridgehead atoms. The number of fused-ring (bicyclic) bond motifs is 2. The standard InChI is InChI=1S/C13H12BrClN2O3S.C13H13BrN2O4S.Cl3OP/c14-9-1-2-11-10(7-9)13(15)12(8-16-11)21(18,19)17-3-5-20-6-4-17;14-9-1-2-11-10(7-9)13(17)12(8-15-11)21(18,19)16-3-5-20-6-4-16;1-5(2,3)4/h1-2,7-8H,3-6H2;1-2,7-8H,3-6H2,(H,15,17);. The normalized spacial score (nSPS) is 16.6. The molecule has 2 fully saturated rings. The summed E-state index contributed by atoms with van der Waals surface area (Å²) in [6.45, 7) is 2.65. The average Bonchev–Trinajstić information content (AvgIpc) is 3.02. The number of sulfonamides is 2. The van der Waals surface area contributed by atoms with Gasteiger partial charge in [-0.25, -0.2) is 16.8 Å². The maximum atomic E-state index is 12.7. The highest BCUT2D eigenvalue weighted by Gasteiger charge is 2.30. The first-order valence-electron chi connectivity index (χ1n) is 13.4. The topological polar surface area (TPSA) is 156 Å². The summed E-state index contributed by atoms with van der Waals surface area (Å²) in [4.78, 5) is 19.4. The van der Waals surface area contributed by atoms with Crippen molar-refractivity contribution in [3.8, 4) is 0 Å². The van der Waals surface area contributed by atoms with Gasteiger partial charge < -0.3 is 14.5 Å². The molecule has 6 rings (SSSR count). The molecule has 0 saturated carbocycles. The molecule has 21 heteroatoms. The minimum Gasteiger partial charge on any atom is -0.379 e. The molecule has 0 unspecified atom stereocenters. The van der Waals surface area contributed by atoms with Crippen LogP contribution >= 0.6 is 82.4 Å². The van der Waals surface area contributed by atoms with E-state index in [0.29, 0.717) is 61.3 Å². The van der Waals surface area contributed by atoms with E-state index in [9.17, 15) is 26.2 Å². The summed E-state index contributed by atoms with van der Waals surface area (Å²) in [6, 6.07) is 10.5.